The predicted octanol–water partition coefficient (Wildman–Crippen LogP) is 4.95. The van der Waals surface area contributed by atoms with Crippen LogP contribution in [0, 0.1) is 6.92 Å². The smallest absolute Gasteiger partial charge is 0.243 e. The molecule has 0 saturated heterocycles. The molecule has 214 valence electrons. The first kappa shape index (κ1) is 31.0. The Labute approximate surface area is 239 Å². The third kappa shape index (κ3) is 8.76. The van der Waals surface area contributed by atoms with Crippen molar-refractivity contribution in [3.63, 3.8) is 0 Å². The first-order valence-electron chi connectivity index (χ1n) is 13.8. The zero-order valence-electron chi connectivity index (χ0n) is 23.9. The molecule has 0 unspecified atom stereocenters. The molecule has 0 spiro atoms. The molecule has 3 aromatic rings. The maximum absolute atomic E-state index is 13.8. The molecule has 0 aliphatic carbocycles. The minimum atomic E-state index is -3.65. The van der Waals surface area contributed by atoms with E-state index in [0.717, 1.165) is 23.1 Å². The van der Waals surface area contributed by atoms with Crippen LogP contribution in [-0.4, -0.2) is 55.1 Å². The average Bonchev–Trinajstić information content (AvgIpc) is 2.95. The van der Waals surface area contributed by atoms with Gasteiger partial charge in [0, 0.05) is 39.0 Å². The van der Waals surface area contributed by atoms with E-state index in [1.807, 2.05) is 75.4 Å². The first-order chi connectivity index (χ1) is 19.1. The summed E-state index contributed by atoms with van der Waals surface area (Å²) >= 11 is 0. The van der Waals surface area contributed by atoms with E-state index < -0.39 is 16.1 Å². The maximum atomic E-state index is 13.8. The van der Waals surface area contributed by atoms with Gasteiger partial charge in [0.05, 0.1) is 4.90 Å². The van der Waals surface area contributed by atoms with Gasteiger partial charge < -0.3 is 10.2 Å². The Kier molecular flexibility index (Phi) is 11.5. The van der Waals surface area contributed by atoms with Gasteiger partial charge in [-0.1, -0.05) is 85.3 Å². The number of rotatable bonds is 14. The van der Waals surface area contributed by atoms with Crippen LogP contribution >= 0.6 is 0 Å². The van der Waals surface area contributed by atoms with Crippen molar-refractivity contribution in [1.82, 2.24) is 14.5 Å². The van der Waals surface area contributed by atoms with Crippen LogP contribution < -0.4 is 5.32 Å². The van der Waals surface area contributed by atoms with Gasteiger partial charge in [-0.25, -0.2) is 12.7 Å². The normalized spacial score (nSPS) is 13.0. The molecular weight excluding hydrogens is 522 g/mol. The Morgan fingerprint density at radius 3 is 2.15 bits per heavy atom. The number of aryl methyl sites for hydroxylation is 1. The van der Waals surface area contributed by atoms with E-state index >= 15 is 0 Å². The Morgan fingerprint density at radius 1 is 0.900 bits per heavy atom. The van der Waals surface area contributed by atoms with Crippen LogP contribution in [0.2, 0.25) is 0 Å². The number of nitrogens with zero attached hydrogens (tertiary/aromatic N) is 2. The molecule has 0 radical (unpaired) electrons. The summed E-state index contributed by atoms with van der Waals surface area (Å²) in [5.74, 6) is -0.379. The lowest BCUT2D eigenvalue weighted by molar-refractivity contribution is -0.141. The number of nitrogens with one attached hydrogen (secondary N) is 1. The highest BCUT2D eigenvalue weighted by atomic mass is 32.2. The molecule has 0 fully saturated rings. The van der Waals surface area contributed by atoms with Gasteiger partial charge in [-0.05, 0) is 49.9 Å². The first-order valence-corrected chi connectivity index (χ1v) is 15.3. The number of amides is 2. The molecule has 2 atom stereocenters. The van der Waals surface area contributed by atoms with Crippen molar-refractivity contribution in [3.8, 4) is 0 Å². The highest BCUT2D eigenvalue weighted by Gasteiger charge is 2.31. The van der Waals surface area contributed by atoms with Crippen LogP contribution in [-0.2, 0) is 32.6 Å². The summed E-state index contributed by atoms with van der Waals surface area (Å²) in [6, 6.07) is 25.1. The van der Waals surface area contributed by atoms with Crippen molar-refractivity contribution >= 4 is 21.8 Å². The van der Waals surface area contributed by atoms with Crippen molar-refractivity contribution in [2.24, 2.45) is 0 Å². The molecule has 0 aliphatic rings. The van der Waals surface area contributed by atoms with Crippen LogP contribution in [0.4, 0.5) is 0 Å². The van der Waals surface area contributed by atoms with E-state index in [2.05, 4.69) is 5.32 Å². The average molecular weight is 564 g/mol. The van der Waals surface area contributed by atoms with Crippen LogP contribution in [0.3, 0.4) is 0 Å². The number of carbonyl (C=O) groups excluding carboxylic acids is 2. The molecule has 8 heteroatoms. The van der Waals surface area contributed by atoms with Gasteiger partial charge in [-0.2, -0.15) is 0 Å². The molecular formula is C32H41N3O4S. The largest absolute Gasteiger partial charge is 0.352 e. The van der Waals surface area contributed by atoms with Crippen molar-refractivity contribution in [3.05, 3.63) is 102 Å². The monoisotopic (exact) mass is 563 g/mol. The summed E-state index contributed by atoms with van der Waals surface area (Å²) < 4.78 is 27.1. The lowest BCUT2D eigenvalue weighted by Crippen LogP contribution is -2.52. The van der Waals surface area contributed by atoms with Gasteiger partial charge >= 0.3 is 0 Å². The molecule has 0 bridgehead atoms. The second kappa shape index (κ2) is 14.8. The summed E-state index contributed by atoms with van der Waals surface area (Å²) in [6.07, 6.45) is 1.60. The molecule has 1 N–H and O–H groups in total. The molecule has 7 nitrogen and oxygen atoms in total. The van der Waals surface area contributed by atoms with Crippen LogP contribution in [0.15, 0.2) is 89.8 Å². The lowest BCUT2D eigenvalue weighted by Gasteiger charge is -2.32. The summed E-state index contributed by atoms with van der Waals surface area (Å²) in [5, 5.41) is 3.07. The highest BCUT2D eigenvalue weighted by molar-refractivity contribution is 7.89. The van der Waals surface area contributed by atoms with E-state index in [1.54, 1.807) is 35.2 Å². The van der Waals surface area contributed by atoms with Crippen LogP contribution in [0.25, 0.3) is 0 Å². The molecule has 0 saturated carbocycles. The molecule has 0 heterocycles. The zero-order valence-corrected chi connectivity index (χ0v) is 24.7. The van der Waals surface area contributed by atoms with Gasteiger partial charge in [0.2, 0.25) is 21.8 Å². The number of hydrogen-bond acceptors (Lipinski definition) is 4. The van der Waals surface area contributed by atoms with Gasteiger partial charge in [-0.3, -0.25) is 9.59 Å². The third-order valence-electron chi connectivity index (χ3n) is 7.02. The topological polar surface area (TPSA) is 86.8 Å². The number of hydrogen-bond donors (Lipinski definition) is 1. The van der Waals surface area contributed by atoms with Gasteiger partial charge in [0.15, 0.2) is 0 Å². The predicted molar refractivity (Wildman–Crippen MR) is 159 cm³/mol. The minimum Gasteiger partial charge on any atom is -0.352 e. The molecule has 3 aromatic carbocycles. The van der Waals surface area contributed by atoms with Gasteiger partial charge in [0.25, 0.3) is 0 Å². The zero-order chi connectivity index (χ0) is 29.1. The van der Waals surface area contributed by atoms with Crippen molar-refractivity contribution < 1.29 is 18.0 Å². The van der Waals surface area contributed by atoms with Crippen molar-refractivity contribution in [2.45, 2.75) is 70.0 Å². The lowest BCUT2D eigenvalue weighted by atomic mass is 10.0. The van der Waals surface area contributed by atoms with E-state index in [1.165, 1.54) is 11.4 Å². The van der Waals surface area contributed by atoms with Crippen LogP contribution in [0.1, 0.15) is 49.8 Å². The summed E-state index contributed by atoms with van der Waals surface area (Å²) in [4.78, 5) is 29.3. The number of carbonyl (C=O) groups is 2. The number of sulfonamides is 1. The minimum absolute atomic E-state index is 0.0291. The molecule has 3 rings (SSSR count). The Balaban J connectivity index is 1.83. The standard InChI is InChI=1S/C32H41N3O4S/c1-5-26(3)33-32(37)30(23-27-15-8-6-9-16-27)35(24-28-17-12-14-25(2)22-28)31(36)20-13-21-34(4)40(38,39)29-18-10-7-11-19-29/h6-12,14-19,22,26,30H,5,13,20-21,23-24H2,1-4H3,(H,33,37)/t26-,30+/m0/s1. The van der Waals surface area contributed by atoms with Crippen molar-refractivity contribution in [1.29, 1.82) is 0 Å². The Bertz CT molecular complexity index is 1350. The fraction of sp³-hybridized carbons (Fsp3) is 0.375. The summed E-state index contributed by atoms with van der Waals surface area (Å²) in [6.45, 7) is 6.42. The second-order valence-corrected chi connectivity index (χ2v) is 12.3. The molecule has 0 aliphatic heterocycles. The quantitative estimate of drug-likeness (QED) is 0.301. The Hall–Kier alpha value is -3.49. The van der Waals surface area contributed by atoms with E-state index in [9.17, 15) is 18.0 Å². The summed E-state index contributed by atoms with van der Waals surface area (Å²) in [7, 11) is -2.13. The van der Waals surface area contributed by atoms with E-state index in [4.69, 9.17) is 0 Å². The second-order valence-electron chi connectivity index (χ2n) is 10.3. The van der Waals surface area contributed by atoms with E-state index in [0.29, 0.717) is 12.8 Å². The highest BCUT2D eigenvalue weighted by Crippen LogP contribution is 2.19. The van der Waals surface area contributed by atoms with E-state index in [-0.39, 0.29) is 42.3 Å². The SMILES string of the molecule is CC[C@H](C)NC(=O)[C@@H](Cc1ccccc1)N(Cc1cccc(C)c1)C(=O)CCCN(C)S(=O)(=O)c1ccccc1. The van der Waals surface area contributed by atoms with Gasteiger partial charge in [-0.15, -0.1) is 0 Å². The Morgan fingerprint density at radius 2 is 1.52 bits per heavy atom. The summed E-state index contributed by atoms with van der Waals surface area (Å²) in [5.41, 5.74) is 2.97. The molecule has 40 heavy (non-hydrogen) atoms. The molecule has 2 amide bonds. The van der Waals surface area contributed by atoms with Gasteiger partial charge in [0.1, 0.15) is 6.04 Å². The van der Waals surface area contributed by atoms with Crippen LogP contribution in [0.5, 0.6) is 0 Å². The molecule has 0 aromatic heterocycles. The van der Waals surface area contributed by atoms with Crippen molar-refractivity contribution in [2.75, 3.05) is 13.6 Å². The fourth-order valence-corrected chi connectivity index (χ4v) is 5.72. The fourth-order valence-electron chi connectivity index (χ4n) is 4.49. The maximum Gasteiger partial charge on any atom is 0.243 e. The third-order valence-corrected chi connectivity index (χ3v) is 8.89. The number of benzene rings is 3.